The van der Waals surface area contributed by atoms with Crippen LogP contribution in [0.15, 0.2) is 0 Å². The van der Waals surface area contributed by atoms with Crippen molar-refractivity contribution in [1.29, 1.82) is 0 Å². The van der Waals surface area contributed by atoms with E-state index in [0.29, 0.717) is 12.1 Å². The number of hydrogen-bond donors (Lipinski definition) is 1. The van der Waals surface area contributed by atoms with Gasteiger partial charge in [-0.2, -0.15) is 0 Å². The van der Waals surface area contributed by atoms with Gasteiger partial charge in [-0.1, -0.05) is 12.8 Å². The topological polar surface area (TPSA) is 40.1 Å². The van der Waals surface area contributed by atoms with Crippen LogP contribution in [0, 0.1) is 4.77 Å². The molecule has 2 aliphatic rings. The number of H-pyrrole nitrogens is 1. The van der Waals surface area contributed by atoms with E-state index in [1.807, 2.05) is 0 Å². The van der Waals surface area contributed by atoms with Gasteiger partial charge in [-0.05, 0) is 51.5 Å². The van der Waals surface area contributed by atoms with E-state index in [1.165, 1.54) is 45.1 Å². The zero-order valence-electron chi connectivity index (χ0n) is 12.5. The van der Waals surface area contributed by atoms with Gasteiger partial charge in [-0.15, -0.1) is 5.10 Å². The van der Waals surface area contributed by atoms with Gasteiger partial charge in [0, 0.05) is 25.7 Å². The van der Waals surface area contributed by atoms with E-state index in [2.05, 4.69) is 38.7 Å². The van der Waals surface area contributed by atoms with Gasteiger partial charge in [-0.3, -0.25) is 4.57 Å². The molecule has 0 amide bonds. The summed E-state index contributed by atoms with van der Waals surface area (Å²) in [6, 6.07) is 1.18. The summed E-state index contributed by atoms with van der Waals surface area (Å²) in [7, 11) is 4.36. The molecule has 0 bridgehead atoms. The van der Waals surface area contributed by atoms with Crippen molar-refractivity contribution in [1.82, 2.24) is 19.7 Å². The Bertz CT molecular complexity index is 502. The summed E-state index contributed by atoms with van der Waals surface area (Å²) in [5.74, 6) is 1.02. The Kier molecular flexibility index (Phi) is 4.12. The summed E-state index contributed by atoms with van der Waals surface area (Å²) in [6.07, 6.45) is 7.69. The number of likely N-dealkylation sites (N-methyl/N-ethyl adjacent to an activating group) is 2. The van der Waals surface area contributed by atoms with Crippen LogP contribution in [0.25, 0.3) is 0 Å². The van der Waals surface area contributed by atoms with Crippen LogP contribution in [0.3, 0.4) is 0 Å². The third-order valence-electron chi connectivity index (χ3n) is 4.87. The van der Waals surface area contributed by atoms with Crippen molar-refractivity contribution in [2.24, 2.45) is 0 Å². The van der Waals surface area contributed by atoms with Crippen LogP contribution in [-0.4, -0.2) is 52.9 Å². The maximum absolute atomic E-state index is 5.44. The molecule has 2 fully saturated rings. The maximum Gasteiger partial charge on any atom is 0.225 e. The number of aromatic nitrogens is 3. The first-order valence-corrected chi connectivity index (χ1v) is 8.16. The van der Waals surface area contributed by atoms with Crippen molar-refractivity contribution < 1.29 is 0 Å². The molecule has 0 radical (unpaired) electrons. The van der Waals surface area contributed by atoms with Crippen LogP contribution in [0.2, 0.25) is 0 Å². The average Bonchev–Trinajstić information content (AvgIpc) is 3.11. The van der Waals surface area contributed by atoms with E-state index in [0.717, 1.165) is 17.3 Å². The highest BCUT2D eigenvalue weighted by atomic mass is 32.1. The summed E-state index contributed by atoms with van der Waals surface area (Å²) in [5.41, 5.74) is 0. The zero-order chi connectivity index (χ0) is 14.1. The molecule has 1 saturated heterocycles. The Balaban J connectivity index is 1.77. The summed E-state index contributed by atoms with van der Waals surface area (Å²) < 4.78 is 3.02. The molecule has 1 unspecified atom stereocenters. The summed E-state index contributed by atoms with van der Waals surface area (Å²) in [5, 5.41) is 7.47. The van der Waals surface area contributed by atoms with Gasteiger partial charge in [0.05, 0.1) is 0 Å². The fourth-order valence-electron chi connectivity index (χ4n) is 3.66. The van der Waals surface area contributed by atoms with Crippen LogP contribution in [0.4, 0.5) is 5.95 Å². The number of aromatic amines is 1. The summed E-state index contributed by atoms with van der Waals surface area (Å²) in [4.78, 5) is 4.73. The van der Waals surface area contributed by atoms with Gasteiger partial charge in [0.1, 0.15) is 0 Å². The molecule has 2 heterocycles. The molecule has 5 nitrogen and oxygen atoms in total. The third-order valence-corrected chi connectivity index (χ3v) is 5.16. The lowest BCUT2D eigenvalue weighted by atomic mass is 10.2. The molecule has 6 heteroatoms. The van der Waals surface area contributed by atoms with Crippen molar-refractivity contribution in [3.63, 3.8) is 0 Å². The average molecular weight is 295 g/mol. The Morgan fingerprint density at radius 3 is 2.70 bits per heavy atom. The highest BCUT2D eigenvalue weighted by molar-refractivity contribution is 7.71. The number of nitrogens with zero attached hydrogens (tertiary/aromatic N) is 4. The number of anilines is 1. The first-order chi connectivity index (χ1) is 9.66. The Morgan fingerprint density at radius 2 is 2.05 bits per heavy atom. The lowest BCUT2D eigenvalue weighted by Crippen LogP contribution is -2.37. The van der Waals surface area contributed by atoms with Crippen molar-refractivity contribution in [3.8, 4) is 0 Å². The number of rotatable bonds is 4. The van der Waals surface area contributed by atoms with Crippen LogP contribution >= 0.6 is 12.2 Å². The molecule has 1 aromatic rings. The second-order valence-electron chi connectivity index (χ2n) is 6.29. The first-order valence-electron chi connectivity index (χ1n) is 7.75. The molecular formula is C14H25N5S. The lowest BCUT2D eigenvalue weighted by Gasteiger charge is -2.27. The molecule has 1 aliphatic carbocycles. The van der Waals surface area contributed by atoms with Crippen molar-refractivity contribution in [2.45, 2.75) is 50.6 Å². The summed E-state index contributed by atoms with van der Waals surface area (Å²) in [6.45, 7) is 2.25. The highest BCUT2D eigenvalue weighted by Crippen LogP contribution is 2.32. The van der Waals surface area contributed by atoms with Crippen molar-refractivity contribution >= 4 is 18.2 Å². The Morgan fingerprint density at radius 1 is 1.30 bits per heavy atom. The molecule has 0 spiro atoms. The molecule has 1 aromatic heterocycles. The van der Waals surface area contributed by atoms with Gasteiger partial charge in [0.25, 0.3) is 0 Å². The van der Waals surface area contributed by atoms with E-state index in [9.17, 15) is 0 Å². The fourth-order valence-corrected chi connectivity index (χ4v) is 3.94. The molecule has 0 aromatic carbocycles. The largest absolute Gasteiger partial charge is 0.342 e. The van der Waals surface area contributed by atoms with Crippen LogP contribution in [-0.2, 0) is 0 Å². The molecule has 1 N–H and O–H groups in total. The smallest absolute Gasteiger partial charge is 0.225 e. The molecule has 20 heavy (non-hydrogen) atoms. The normalized spacial score (nSPS) is 24.6. The van der Waals surface area contributed by atoms with E-state index >= 15 is 0 Å². The molecule has 1 aliphatic heterocycles. The van der Waals surface area contributed by atoms with Crippen LogP contribution in [0.5, 0.6) is 0 Å². The monoisotopic (exact) mass is 295 g/mol. The number of hydrogen-bond acceptors (Lipinski definition) is 4. The second kappa shape index (κ2) is 5.85. The van der Waals surface area contributed by atoms with Crippen LogP contribution < -0.4 is 4.90 Å². The fraction of sp³-hybridized carbons (Fsp3) is 0.857. The Hall–Kier alpha value is -0.880. The van der Waals surface area contributed by atoms with Gasteiger partial charge in [-0.25, -0.2) is 5.10 Å². The zero-order valence-corrected chi connectivity index (χ0v) is 13.3. The van der Waals surface area contributed by atoms with Gasteiger partial charge >= 0.3 is 0 Å². The number of likely N-dealkylation sites (tertiary alicyclic amines) is 1. The molecule has 1 atom stereocenters. The minimum Gasteiger partial charge on any atom is -0.342 e. The predicted molar refractivity (Wildman–Crippen MR) is 83.8 cm³/mol. The first kappa shape index (κ1) is 14.1. The standard InChI is InChI=1S/C14H25N5S/c1-17-9-5-8-12(17)10-18(2)13-15-16-14(20)19(13)11-6-3-4-7-11/h11-12H,3-10H2,1-2H3,(H,16,20). The van der Waals surface area contributed by atoms with E-state index in [1.54, 1.807) is 0 Å². The SMILES string of the molecule is CN(CC1CCCN1C)c1n[nH]c(=S)n1C1CCCC1. The van der Waals surface area contributed by atoms with Crippen molar-refractivity contribution in [3.05, 3.63) is 4.77 Å². The van der Waals surface area contributed by atoms with E-state index in [-0.39, 0.29) is 0 Å². The van der Waals surface area contributed by atoms with Crippen LogP contribution in [0.1, 0.15) is 44.6 Å². The maximum atomic E-state index is 5.44. The Labute approximate surface area is 126 Å². The van der Waals surface area contributed by atoms with E-state index < -0.39 is 0 Å². The quantitative estimate of drug-likeness (QED) is 0.867. The van der Waals surface area contributed by atoms with E-state index in [4.69, 9.17) is 12.2 Å². The highest BCUT2D eigenvalue weighted by Gasteiger charge is 2.26. The summed E-state index contributed by atoms with van der Waals surface area (Å²) >= 11 is 5.44. The molecule has 1 saturated carbocycles. The molecular weight excluding hydrogens is 270 g/mol. The lowest BCUT2D eigenvalue weighted by molar-refractivity contribution is 0.312. The van der Waals surface area contributed by atoms with Gasteiger partial charge in [0.15, 0.2) is 4.77 Å². The van der Waals surface area contributed by atoms with Crippen molar-refractivity contribution in [2.75, 3.05) is 32.1 Å². The minimum absolute atomic E-state index is 0.542. The van der Waals surface area contributed by atoms with Gasteiger partial charge in [0.2, 0.25) is 5.95 Å². The second-order valence-corrected chi connectivity index (χ2v) is 6.68. The minimum atomic E-state index is 0.542. The van der Waals surface area contributed by atoms with Gasteiger partial charge < -0.3 is 9.80 Å². The molecule has 3 rings (SSSR count). The third kappa shape index (κ3) is 2.63. The number of nitrogens with one attached hydrogen (secondary N) is 1. The predicted octanol–water partition coefficient (Wildman–Crippen LogP) is 2.59. The molecule has 112 valence electrons.